The van der Waals surface area contributed by atoms with Gasteiger partial charge in [0, 0.05) is 17.8 Å². The van der Waals surface area contributed by atoms with Gasteiger partial charge in [-0.15, -0.1) is 0 Å². The molecule has 0 radical (unpaired) electrons. The monoisotopic (exact) mass is 260 g/mol. The number of anilines is 3. The summed E-state index contributed by atoms with van der Waals surface area (Å²) in [7, 11) is 0. The molecule has 0 bridgehead atoms. The van der Waals surface area contributed by atoms with Gasteiger partial charge in [0.25, 0.3) is 0 Å². The van der Waals surface area contributed by atoms with E-state index >= 15 is 0 Å². The maximum Gasteiger partial charge on any atom is 0.141 e. The van der Waals surface area contributed by atoms with Gasteiger partial charge >= 0.3 is 0 Å². The molecule has 0 saturated carbocycles. The largest absolute Gasteiger partial charge is 0.383 e. The molecule has 2 N–H and O–H groups in total. The number of halogens is 1. The minimum atomic E-state index is -0.268. The molecule has 1 aromatic heterocycles. The van der Waals surface area contributed by atoms with E-state index in [0.717, 1.165) is 23.5 Å². The van der Waals surface area contributed by atoms with Crippen LogP contribution in [0.2, 0.25) is 0 Å². The Hall–Kier alpha value is -2.17. The van der Waals surface area contributed by atoms with Crippen LogP contribution >= 0.6 is 0 Å². The van der Waals surface area contributed by atoms with Gasteiger partial charge in [-0.25, -0.2) is 14.4 Å². The van der Waals surface area contributed by atoms with Gasteiger partial charge in [0.1, 0.15) is 23.8 Å². The summed E-state index contributed by atoms with van der Waals surface area (Å²) < 4.78 is 13.4. The fourth-order valence-electron chi connectivity index (χ4n) is 2.09. The summed E-state index contributed by atoms with van der Waals surface area (Å²) in [6, 6.07) is 6.45. The predicted molar refractivity (Wildman–Crippen MR) is 74.9 cm³/mol. The highest BCUT2D eigenvalue weighted by Gasteiger charge is 2.15. The summed E-state index contributed by atoms with van der Waals surface area (Å²) >= 11 is 0. The van der Waals surface area contributed by atoms with Crippen molar-refractivity contribution in [3.05, 3.63) is 42.0 Å². The Morgan fingerprint density at radius 2 is 2.05 bits per heavy atom. The molecule has 0 saturated heterocycles. The van der Waals surface area contributed by atoms with Crippen molar-refractivity contribution in [1.82, 2.24) is 9.97 Å². The number of benzene rings is 1. The van der Waals surface area contributed by atoms with Crippen molar-refractivity contribution in [1.29, 1.82) is 0 Å². The lowest BCUT2D eigenvalue weighted by molar-refractivity contribution is 0.627. The van der Waals surface area contributed by atoms with E-state index in [-0.39, 0.29) is 5.82 Å². The zero-order valence-corrected chi connectivity index (χ0v) is 11.1. The van der Waals surface area contributed by atoms with Crippen molar-refractivity contribution in [2.45, 2.75) is 20.3 Å². The van der Waals surface area contributed by atoms with E-state index in [9.17, 15) is 4.39 Å². The molecular formula is C14H17FN4. The molecule has 2 rings (SSSR count). The molecule has 0 aliphatic heterocycles. The lowest BCUT2D eigenvalue weighted by Crippen LogP contribution is -2.20. The van der Waals surface area contributed by atoms with E-state index < -0.39 is 0 Å². The average Bonchev–Trinajstić information content (AvgIpc) is 2.40. The number of nitrogens with zero attached hydrogens (tertiary/aromatic N) is 3. The van der Waals surface area contributed by atoms with Crippen molar-refractivity contribution in [2.75, 3.05) is 17.2 Å². The van der Waals surface area contributed by atoms with Gasteiger partial charge in [-0.1, -0.05) is 13.0 Å². The van der Waals surface area contributed by atoms with Crippen molar-refractivity contribution in [2.24, 2.45) is 0 Å². The molecule has 2 aromatic rings. The van der Waals surface area contributed by atoms with Gasteiger partial charge in [-0.3, -0.25) is 0 Å². The molecule has 0 aliphatic carbocycles. The number of aromatic nitrogens is 2. The van der Waals surface area contributed by atoms with Crippen LogP contribution in [0, 0.1) is 5.82 Å². The van der Waals surface area contributed by atoms with Gasteiger partial charge in [-0.05, 0) is 31.5 Å². The highest BCUT2D eigenvalue weighted by Crippen LogP contribution is 2.29. The predicted octanol–water partition coefficient (Wildman–Crippen LogP) is 2.92. The van der Waals surface area contributed by atoms with E-state index in [0.29, 0.717) is 12.4 Å². The first-order chi connectivity index (χ1) is 9.17. The average molecular weight is 260 g/mol. The summed E-state index contributed by atoms with van der Waals surface area (Å²) in [5, 5.41) is 0. The zero-order chi connectivity index (χ0) is 13.8. The first kappa shape index (κ1) is 13.3. The molecule has 4 nitrogen and oxygen atoms in total. The van der Waals surface area contributed by atoms with Crippen molar-refractivity contribution in [3.8, 4) is 0 Å². The Kier molecular flexibility index (Phi) is 3.94. The van der Waals surface area contributed by atoms with Crippen LogP contribution < -0.4 is 10.6 Å². The molecule has 1 aromatic carbocycles. The van der Waals surface area contributed by atoms with E-state index in [4.69, 9.17) is 5.73 Å². The third-order valence-electron chi connectivity index (χ3n) is 3.00. The molecule has 0 spiro atoms. The fourth-order valence-corrected chi connectivity index (χ4v) is 2.09. The summed E-state index contributed by atoms with van der Waals surface area (Å²) in [6.45, 7) is 4.66. The van der Waals surface area contributed by atoms with Crippen LogP contribution in [0.5, 0.6) is 0 Å². The topological polar surface area (TPSA) is 55.0 Å². The maximum atomic E-state index is 13.4. The molecule has 0 fully saturated rings. The molecule has 0 amide bonds. The van der Waals surface area contributed by atoms with Crippen LogP contribution in [0.15, 0.2) is 30.6 Å². The number of hydrogen-bond donors (Lipinski definition) is 1. The minimum Gasteiger partial charge on any atom is -0.383 e. The molecule has 19 heavy (non-hydrogen) atoms. The second kappa shape index (κ2) is 5.65. The van der Waals surface area contributed by atoms with Crippen LogP contribution in [0.25, 0.3) is 0 Å². The van der Waals surface area contributed by atoms with Gasteiger partial charge < -0.3 is 10.6 Å². The first-order valence-corrected chi connectivity index (χ1v) is 6.29. The fraction of sp³-hybridized carbons (Fsp3) is 0.286. The molecular weight excluding hydrogens is 243 g/mol. The molecule has 0 atom stereocenters. The number of rotatable bonds is 4. The molecule has 0 unspecified atom stereocenters. The Balaban J connectivity index is 2.51. The van der Waals surface area contributed by atoms with Gasteiger partial charge in [0.2, 0.25) is 0 Å². The molecule has 5 heteroatoms. The smallest absolute Gasteiger partial charge is 0.141 e. The second-order valence-electron chi connectivity index (χ2n) is 4.14. The van der Waals surface area contributed by atoms with Crippen molar-refractivity contribution < 1.29 is 4.39 Å². The standard InChI is InChI=1S/C14H17FN4/c1-3-12-13(16)17-9-18-14(12)19(4-2)11-7-5-6-10(15)8-11/h5-9H,3-4H2,1-2H3,(H2,16,17,18). The summed E-state index contributed by atoms with van der Waals surface area (Å²) in [6.07, 6.45) is 2.17. The van der Waals surface area contributed by atoms with Crippen LogP contribution in [-0.2, 0) is 6.42 Å². The third kappa shape index (κ3) is 2.65. The molecule has 0 aliphatic rings. The van der Waals surface area contributed by atoms with Crippen LogP contribution in [0.1, 0.15) is 19.4 Å². The van der Waals surface area contributed by atoms with E-state index in [1.165, 1.54) is 18.5 Å². The highest BCUT2D eigenvalue weighted by atomic mass is 19.1. The van der Waals surface area contributed by atoms with Crippen LogP contribution in [0.3, 0.4) is 0 Å². The Bertz CT molecular complexity index is 571. The molecule has 1 heterocycles. The maximum absolute atomic E-state index is 13.4. The summed E-state index contributed by atoms with van der Waals surface area (Å²) in [5.74, 6) is 0.946. The number of nitrogen functional groups attached to an aromatic ring is 1. The number of hydrogen-bond acceptors (Lipinski definition) is 4. The zero-order valence-electron chi connectivity index (χ0n) is 11.1. The van der Waals surface area contributed by atoms with Crippen LogP contribution in [0.4, 0.5) is 21.7 Å². The van der Waals surface area contributed by atoms with Gasteiger partial charge in [0.15, 0.2) is 0 Å². The SMILES string of the molecule is CCc1c(N)ncnc1N(CC)c1cccc(F)c1. The Labute approximate surface area is 112 Å². The second-order valence-corrected chi connectivity index (χ2v) is 4.14. The highest BCUT2D eigenvalue weighted by molar-refractivity contribution is 5.66. The Morgan fingerprint density at radius 3 is 2.68 bits per heavy atom. The lowest BCUT2D eigenvalue weighted by Gasteiger charge is -2.24. The minimum absolute atomic E-state index is 0.268. The van der Waals surface area contributed by atoms with Crippen LogP contribution in [-0.4, -0.2) is 16.5 Å². The first-order valence-electron chi connectivity index (χ1n) is 6.29. The van der Waals surface area contributed by atoms with Gasteiger partial charge in [0.05, 0.1) is 0 Å². The quantitative estimate of drug-likeness (QED) is 0.918. The third-order valence-corrected chi connectivity index (χ3v) is 3.00. The summed E-state index contributed by atoms with van der Waals surface area (Å²) in [4.78, 5) is 10.2. The van der Waals surface area contributed by atoms with Gasteiger partial charge in [-0.2, -0.15) is 0 Å². The van der Waals surface area contributed by atoms with Crippen molar-refractivity contribution in [3.63, 3.8) is 0 Å². The normalized spacial score (nSPS) is 10.5. The summed E-state index contributed by atoms with van der Waals surface area (Å²) in [5.41, 5.74) is 7.52. The van der Waals surface area contributed by atoms with Crippen molar-refractivity contribution >= 4 is 17.3 Å². The van der Waals surface area contributed by atoms with E-state index in [1.54, 1.807) is 6.07 Å². The lowest BCUT2D eigenvalue weighted by atomic mass is 10.2. The van der Waals surface area contributed by atoms with E-state index in [1.807, 2.05) is 24.8 Å². The molecule has 100 valence electrons. The van der Waals surface area contributed by atoms with E-state index in [2.05, 4.69) is 9.97 Å². The Morgan fingerprint density at radius 1 is 1.26 bits per heavy atom. The number of nitrogens with two attached hydrogens (primary N) is 1.